The van der Waals surface area contributed by atoms with Gasteiger partial charge in [-0.25, -0.2) is 0 Å². The van der Waals surface area contributed by atoms with Gasteiger partial charge >= 0.3 is 0 Å². The Hall–Kier alpha value is -7.48. The summed E-state index contributed by atoms with van der Waals surface area (Å²) in [5.41, 5.74) is 15.4. The van der Waals surface area contributed by atoms with E-state index in [2.05, 4.69) is 241 Å². The van der Waals surface area contributed by atoms with Gasteiger partial charge in [0.25, 0.3) is 0 Å². The first-order valence-electron chi connectivity index (χ1n) is 19.6. The summed E-state index contributed by atoms with van der Waals surface area (Å²) in [5, 5.41) is 5.02. The first-order valence-corrected chi connectivity index (χ1v) is 19.6. The van der Waals surface area contributed by atoms with E-state index in [4.69, 9.17) is 0 Å². The molecule has 0 saturated heterocycles. The lowest BCUT2D eigenvalue weighted by Gasteiger charge is -2.26. The van der Waals surface area contributed by atoms with Gasteiger partial charge in [0.2, 0.25) is 0 Å². The van der Waals surface area contributed by atoms with Crippen LogP contribution < -0.4 is 4.90 Å². The van der Waals surface area contributed by atoms with Gasteiger partial charge in [0, 0.05) is 17.1 Å². The van der Waals surface area contributed by atoms with Crippen molar-refractivity contribution >= 4 is 38.6 Å². The van der Waals surface area contributed by atoms with Crippen LogP contribution in [0.3, 0.4) is 0 Å². The number of hydrogen-bond acceptors (Lipinski definition) is 1. The molecule has 0 spiro atoms. The van der Waals surface area contributed by atoms with Crippen molar-refractivity contribution in [2.45, 2.75) is 0 Å². The van der Waals surface area contributed by atoms with Crippen LogP contribution in [0.1, 0.15) is 0 Å². The summed E-state index contributed by atoms with van der Waals surface area (Å²) in [4.78, 5) is 2.36. The van der Waals surface area contributed by atoms with Crippen molar-refractivity contribution in [1.82, 2.24) is 0 Å². The maximum absolute atomic E-state index is 2.36. The molecule has 0 radical (unpaired) electrons. The molecule has 0 amide bonds. The molecule has 1 nitrogen and oxygen atoms in total. The molecular weight excluding hydrogens is 687 g/mol. The second-order valence-corrected chi connectivity index (χ2v) is 14.5. The molecule has 1 heteroatoms. The average Bonchev–Trinajstić information content (AvgIpc) is 3.30. The number of benzene rings is 10. The van der Waals surface area contributed by atoms with E-state index in [0.29, 0.717) is 0 Å². The van der Waals surface area contributed by atoms with Crippen LogP contribution in [0.5, 0.6) is 0 Å². The fraction of sp³-hybridized carbons (Fsp3) is 0. The summed E-state index contributed by atoms with van der Waals surface area (Å²) >= 11 is 0. The molecule has 0 N–H and O–H groups in total. The van der Waals surface area contributed by atoms with E-state index >= 15 is 0 Å². The lowest BCUT2D eigenvalue weighted by atomic mass is 9.84. The predicted octanol–water partition coefficient (Wildman–Crippen LogP) is 15.8. The zero-order valence-electron chi connectivity index (χ0n) is 31.5. The topological polar surface area (TPSA) is 3.24 Å². The lowest BCUT2D eigenvalue weighted by Crippen LogP contribution is -2.09. The van der Waals surface area contributed by atoms with Crippen molar-refractivity contribution in [3.05, 3.63) is 237 Å². The first-order chi connectivity index (χ1) is 28.3. The van der Waals surface area contributed by atoms with Crippen LogP contribution in [0.2, 0.25) is 0 Å². The molecule has 0 heterocycles. The van der Waals surface area contributed by atoms with Crippen molar-refractivity contribution in [2.24, 2.45) is 0 Å². The molecule has 0 fully saturated rings. The molecule has 0 bridgehead atoms. The van der Waals surface area contributed by atoms with Crippen LogP contribution >= 0.6 is 0 Å². The molecule has 10 aromatic carbocycles. The number of anilines is 3. The normalized spacial score (nSPS) is 11.2. The maximum Gasteiger partial charge on any atom is 0.0462 e. The van der Waals surface area contributed by atoms with E-state index < -0.39 is 0 Å². The Morgan fingerprint density at radius 2 is 0.404 bits per heavy atom. The minimum absolute atomic E-state index is 1.09. The summed E-state index contributed by atoms with van der Waals surface area (Å²) in [7, 11) is 0. The third-order valence-corrected chi connectivity index (χ3v) is 11.1. The number of fused-ring (bicyclic) bond motifs is 3. The summed E-state index contributed by atoms with van der Waals surface area (Å²) < 4.78 is 0. The molecule has 0 aliphatic heterocycles. The molecule has 268 valence electrons. The summed E-state index contributed by atoms with van der Waals surface area (Å²) in [6.45, 7) is 0. The standard InChI is InChI=1S/C56H39N/c1-4-14-40(15-5-1)43-24-26-46(27-25-43)55-53-22-12-10-20-51(53)52-21-11-13-23-54(52)56(55)47-32-38-50(39-33-47)57(48-34-28-44(29-35-48)41-16-6-2-7-17-41)49-36-30-45(31-37-49)42-18-8-3-9-19-42/h1-39H. The molecule has 57 heavy (non-hydrogen) atoms. The van der Waals surface area contributed by atoms with E-state index in [0.717, 1.165) is 17.1 Å². The summed E-state index contributed by atoms with van der Waals surface area (Å²) in [5.74, 6) is 0. The fourth-order valence-electron chi connectivity index (χ4n) is 8.29. The minimum atomic E-state index is 1.09. The van der Waals surface area contributed by atoms with Crippen LogP contribution in [0.25, 0.3) is 77.2 Å². The Labute approximate surface area is 334 Å². The highest BCUT2D eigenvalue weighted by molar-refractivity contribution is 6.21. The Bertz CT molecular complexity index is 2850. The zero-order valence-corrected chi connectivity index (χ0v) is 31.5. The molecule has 0 unspecified atom stereocenters. The van der Waals surface area contributed by atoms with Gasteiger partial charge in [-0.2, -0.15) is 0 Å². The molecule has 0 aliphatic carbocycles. The smallest absolute Gasteiger partial charge is 0.0462 e. The van der Waals surface area contributed by atoms with Gasteiger partial charge in [-0.1, -0.05) is 200 Å². The highest BCUT2D eigenvalue weighted by atomic mass is 15.1. The minimum Gasteiger partial charge on any atom is -0.311 e. The van der Waals surface area contributed by atoms with E-state index in [1.807, 2.05) is 0 Å². The van der Waals surface area contributed by atoms with Crippen molar-refractivity contribution in [3.63, 3.8) is 0 Å². The largest absolute Gasteiger partial charge is 0.311 e. The van der Waals surface area contributed by atoms with Crippen LogP contribution in [0.15, 0.2) is 237 Å². The van der Waals surface area contributed by atoms with Gasteiger partial charge in [0.1, 0.15) is 0 Å². The Balaban J connectivity index is 1.11. The third-order valence-electron chi connectivity index (χ3n) is 11.1. The number of rotatable bonds is 8. The molecule has 10 rings (SSSR count). The van der Waals surface area contributed by atoms with Crippen LogP contribution in [0, 0.1) is 0 Å². The SMILES string of the molecule is c1ccc(-c2ccc(-c3c(-c4ccc(N(c5ccc(-c6ccccc6)cc5)c5ccc(-c6ccccc6)cc5)cc4)c4ccccc4c4ccccc34)cc2)cc1. The van der Waals surface area contributed by atoms with Gasteiger partial charge < -0.3 is 4.90 Å². The Morgan fingerprint density at radius 1 is 0.175 bits per heavy atom. The molecule has 0 aromatic heterocycles. The molecular formula is C56H39N. The van der Waals surface area contributed by atoms with Gasteiger partial charge in [-0.05, 0) is 114 Å². The van der Waals surface area contributed by atoms with Gasteiger partial charge in [-0.3, -0.25) is 0 Å². The average molecular weight is 726 g/mol. The van der Waals surface area contributed by atoms with Crippen molar-refractivity contribution in [2.75, 3.05) is 4.90 Å². The summed E-state index contributed by atoms with van der Waals surface area (Å²) in [6.07, 6.45) is 0. The molecule has 0 aliphatic rings. The fourth-order valence-corrected chi connectivity index (χ4v) is 8.29. The first kappa shape index (κ1) is 34.0. The molecule has 0 saturated carbocycles. The number of nitrogens with zero attached hydrogens (tertiary/aromatic N) is 1. The van der Waals surface area contributed by atoms with Crippen molar-refractivity contribution in [3.8, 4) is 55.6 Å². The van der Waals surface area contributed by atoms with Crippen LogP contribution in [-0.2, 0) is 0 Å². The Kier molecular flexibility index (Phi) is 8.95. The van der Waals surface area contributed by atoms with E-state index in [-0.39, 0.29) is 0 Å². The third kappa shape index (κ3) is 6.56. The predicted molar refractivity (Wildman–Crippen MR) is 243 cm³/mol. The molecule has 0 atom stereocenters. The number of hydrogen-bond donors (Lipinski definition) is 0. The Morgan fingerprint density at radius 3 is 0.737 bits per heavy atom. The lowest BCUT2D eigenvalue weighted by molar-refractivity contribution is 1.28. The zero-order chi connectivity index (χ0) is 38.0. The van der Waals surface area contributed by atoms with Crippen molar-refractivity contribution < 1.29 is 0 Å². The van der Waals surface area contributed by atoms with Gasteiger partial charge in [-0.15, -0.1) is 0 Å². The highest BCUT2D eigenvalue weighted by Gasteiger charge is 2.19. The highest BCUT2D eigenvalue weighted by Crippen LogP contribution is 2.46. The quantitative estimate of drug-likeness (QED) is 0.141. The van der Waals surface area contributed by atoms with Crippen molar-refractivity contribution in [1.29, 1.82) is 0 Å². The second-order valence-electron chi connectivity index (χ2n) is 14.5. The maximum atomic E-state index is 2.36. The van der Waals surface area contributed by atoms with E-state index in [9.17, 15) is 0 Å². The van der Waals surface area contributed by atoms with Crippen LogP contribution in [0.4, 0.5) is 17.1 Å². The van der Waals surface area contributed by atoms with Gasteiger partial charge in [0.05, 0.1) is 0 Å². The monoisotopic (exact) mass is 725 g/mol. The second kappa shape index (κ2) is 15.0. The molecule has 10 aromatic rings. The van der Waals surface area contributed by atoms with Crippen LogP contribution in [-0.4, -0.2) is 0 Å². The summed E-state index contributed by atoms with van der Waals surface area (Å²) in [6, 6.07) is 85.5. The van der Waals surface area contributed by atoms with Gasteiger partial charge in [0.15, 0.2) is 0 Å². The van der Waals surface area contributed by atoms with E-state index in [1.54, 1.807) is 0 Å². The van der Waals surface area contributed by atoms with E-state index in [1.165, 1.54) is 77.2 Å².